The van der Waals surface area contributed by atoms with Crippen LogP contribution < -0.4 is 14.4 Å². The van der Waals surface area contributed by atoms with E-state index in [1.165, 1.54) is 11.1 Å². The fraction of sp³-hybridized carbons (Fsp3) is 0.469. The van der Waals surface area contributed by atoms with Crippen molar-refractivity contribution in [3.63, 3.8) is 0 Å². The van der Waals surface area contributed by atoms with E-state index in [2.05, 4.69) is 28.3 Å². The Morgan fingerprint density at radius 2 is 2.02 bits per heavy atom. The van der Waals surface area contributed by atoms with Crippen LogP contribution in [0, 0.1) is 17.8 Å². The first kappa shape index (κ1) is 28.3. The highest BCUT2D eigenvalue weighted by Gasteiger charge is 2.44. The molecule has 5 atom stereocenters. The number of aliphatic hydroxyl groups is 1. The molecule has 9 heteroatoms. The van der Waals surface area contributed by atoms with Gasteiger partial charge in [-0.1, -0.05) is 43.3 Å². The number of allylic oxidation sites excluding steroid dienone is 2. The zero-order valence-corrected chi connectivity index (χ0v) is 24.9. The third kappa shape index (κ3) is 5.30. The number of anilines is 1. The van der Waals surface area contributed by atoms with Crippen LogP contribution in [-0.2, 0) is 21.9 Å². The molecule has 2 heterocycles. The molecule has 2 bridgehead atoms. The fourth-order valence-electron chi connectivity index (χ4n) is 7.02. The zero-order chi connectivity index (χ0) is 28.9. The van der Waals surface area contributed by atoms with Gasteiger partial charge >= 0.3 is 0 Å². The van der Waals surface area contributed by atoms with Crippen molar-refractivity contribution in [2.75, 3.05) is 24.6 Å². The maximum absolute atomic E-state index is 13.3. The molecular weight excluding hydrogens is 560 g/mol. The SMILES string of the molecule is C=C1[C@@H](C)C/C=C/[C@H](O)[C@@H]2CC[C@H]2CN2C[C@@]3(CCCc4cc(Cl)ccc43)COc3ccc(cc32)C(=O)NS1(=O)=O. The number of amides is 1. The second-order valence-electron chi connectivity index (χ2n) is 12.2. The van der Waals surface area contributed by atoms with Crippen molar-refractivity contribution >= 4 is 33.2 Å². The largest absolute Gasteiger partial charge is 0.490 e. The predicted octanol–water partition coefficient (Wildman–Crippen LogP) is 5.37. The molecule has 218 valence electrons. The third-order valence-corrected chi connectivity index (χ3v) is 11.4. The van der Waals surface area contributed by atoms with Gasteiger partial charge < -0.3 is 14.7 Å². The van der Waals surface area contributed by atoms with Crippen molar-refractivity contribution in [2.45, 2.75) is 57.0 Å². The van der Waals surface area contributed by atoms with Crippen molar-refractivity contribution in [3.8, 4) is 5.75 Å². The van der Waals surface area contributed by atoms with Gasteiger partial charge in [0.2, 0.25) is 0 Å². The highest BCUT2D eigenvalue weighted by Crippen LogP contribution is 2.46. The van der Waals surface area contributed by atoms with Crippen LogP contribution in [0.2, 0.25) is 5.02 Å². The molecule has 7 nitrogen and oxygen atoms in total. The summed E-state index contributed by atoms with van der Waals surface area (Å²) >= 11 is 6.37. The summed E-state index contributed by atoms with van der Waals surface area (Å²) in [5.41, 5.74) is 3.23. The van der Waals surface area contributed by atoms with Crippen molar-refractivity contribution in [3.05, 3.63) is 81.7 Å². The van der Waals surface area contributed by atoms with Gasteiger partial charge in [-0.2, -0.15) is 0 Å². The van der Waals surface area contributed by atoms with Crippen molar-refractivity contribution in [1.29, 1.82) is 0 Å². The van der Waals surface area contributed by atoms with Crippen LogP contribution in [0.3, 0.4) is 0 Å². The lowest BCUT2D eigenvalue weighted by Crippen LogP contribution is -2.49. The number of carbonyl (C=O) groups is 1. The average molecular weight is 597 g/mol. The maximum atomic E-state index is 13.3. The molecule has 0 radical (unpaired) electrons. The molecule has 1 saturated carbocycles. The van der Waals surface area contributed by atoms with Crippen LogP contribution in [-0.4, -0.2) is 45.2 Å². The lowest BCUT2D eigenvalue weighted by Gasteiger charge is -2.45. The predicted molar refractivity (Wildman–Crippen MR) is 161 cm³/mol. The van der Waals surface area contributed by atoms with E-state index < -0.39 is 28.0 Å². The zero-order valence-electron chi connectivity index (χ0n) is 23.3. The van der Waals surface area contributed by atoms with Gasteiger partial charge in [0.1, 0.15) is 5.75 Å². The number of ether oxygens (including phenoxy) is 1. The van der Waals surface area contributed by atoms with Crippen LogP contribution in [0.15, 0.2) is 60.0 Å². The Morgan fingerprint density at radius 1 is 1.20 bits per heavy atom. The summed E-state index contributed by atoms with van der Waals surface area (Å²) in [5, 5.41) is 11.8. The Morgan fingerprint density at radius 3 is 2.80 bits per heavy atom. The molecule has 1 amide bonds. The Hall–Kier alpha value is -2.81. The molecule has 2 aliphatic carbocycles. The van der Waals surface area contributed by atoms with Crippen molar-refractivity contribution in [1.82, 2.24) is 4.72 Å². The van der Waals surface area contributed by atoms with E-state index in [4.69, 9.17) is 16.3 Å². The molecule has 4 aliphatic rings. The standard InChI is InChI=1S/C32H37ClN2O5S/c1-20-5-3-7-29(36)26-11-8-24(26)17-35-18-32(14-4-6-22-15-25(33)10-12-27(22)32)19-40-30-13-9-23(16-28(30)35)31(37)34-41(38,39)21(20)2/h3,7,9-10,12-13,15-16,20,24,26,29,36H,2,4-6,8,11,14,17-19H2,1H3,(H,34,37)/b7-3+/t20-,24-,26+,29-,32-/m0/s1. The molecule has 1 spiro atoms. The van der Waals surface area contributed by atoms with Gasteiger partial charge in [-0.05, 0) is 97.7 Å². The van der Waals surface area contributed by atoms with E-state index in [0.717, 1.165) is 42.8 Å². The lowest BCUT2D eigenvalue weighted by molar-refractivity contribution is 0.0456. The van der Waals surface area contributed by atoms with Crippen LogP contribution in [0.1, 0.15) is 60.5 Å². The first-order valence-corrected chi connectivity index (χ1v) is 16.3. The van der Waals surface area contributed by atoms with Gasteiger partial charge in [-0.3, -0.25) is 4.79 Å². The van der Waals surface area contributed by atoms with Gasteiger partial charge in [0.15, 0.2) is 0 Å². The molecule has 0 aromatic heterocycles. The minimum atomic E-state index is -4.10. The van der Waals surface area contributed by atoms with Crippen molar-refractivity contribution < 1.29 is 23.1 Å². The highest BCUT2D eigenvalue weighted by molar-refractivity contribution is 7.93. The monoisotopic (exact) mass is 596 g/mol. The van der Waals surface area contributed by atoms with Crippen LogP contribution in [0.25, 0.3) is 0 Å². The van der Waals surface area contributed by atoms with Gasteiger partial charge in [-0.15, -0.1) is 0 Å². The molecule has 2 N–H and O–H groups in total. The molecular formula is C32H37ClN2O5S. The Balaban J connectivity index is 1.43. The van der Waals surface area contributed by atoms with E-state index in [9.17, 15) is 18.3 Å². The van der Waals surface area contributed by atoms with E-state index >= 15 is 0 Å². The second-order valence-corrected chi connectivity index (χ2v) is 14.4. The van der Waals surface area contributed by atoms with E-state index in [1.54, 1.807) is 31.2 Å². The number of benzene rings is 2. The number of hydrogen-bond donors (Lipinski definition) is 2. The molecule has 0 saturated heterocycles. The van der Waals surface area contributed by atoms with Crippen molar-refractivity contribution in [2.24, 2.45) is 17.8 Å². The topological polar surface area (TPSA) is 95.9 Å². The number of sulfonamides is 1. The van der Waals surface area contributed by atoms with Crippen LogP contribution >= 0.6 is 11.6 Å². The number of fused-ring (bicyclic) bond motifs is 4. The number of carbonyl (C=O) groups excluding carboxylic acids is 1. The molecule has 2 aromatic carbocycles. The quantitative estimate of drug-likeness (QED) is 0.397. The number of aliphatic hydroxyl groups excluding tert-OH is 1. The minimum Gasteiger partial charge on any atom is -0.490 e. The number of halogens is 1. The summed E-state index contributed by atoms with van der Waals surface area (Å²) in [6.07, 6.45) is 8.29. The molecule has 2 aromatic rings. The molecule has 0 unspecified atom stereocenters. The smallest absolute Gasteiger partial charge is 0.265 e. The minimum absolute atomic E-state index is 0.0590. The summed E-state index contributed by atoms with van der Waals surface area (Å²) in [6.45, 7) is 7.40. The summed E-state index contributed by atoms with van der Waals surface area (Å²) in [4.78, 5) is 15.5. The van der Waals surface area contributed by atoms with Crippen LogP contribution in [0.4, 0.5) is 5.69 Å². The molecule has 2 aliphatic heterocycles. The number of aryl methyl sites for hydroxylation is 1. The summed E-state index contributed by atoms with van der Waals surface area (Å²) in [5.74, 6) is -0.0812. The van der Waals surface area contributed by atoms with E-state index in [-0.39, 0.29) is 27.7 Å². The molecule has 1 fully saturated rings. The fourth-order valence-corrected chi connectivity index (χ4v) is 8.33. The van der Waals surface area contributed by atoms with E-state index in [1.807, 2.05) is 12.1 Å². The Labute approximate surface area is 247 Å². The first-order chi connectivity index (χ1) is 19.6. The van der Waals surface area contributed by atoms with Gasteiger partial charge in [0.25, 0.3) is 15.9 Å². The van der Waals surface area contributed by atoms with Gasteiger partial charge in [0.05, 0.1) is 23.3 Å². The van der Waals surface area contributed by atoms with Crippen LogP contribution in [0.5, 0.6) is 5.75 Å². The first-order valence-electron chi connectivity index (χ1n) is 14.5. The van der Waals surface area contributed by atoms with Gasteiger partial charge in [0, 0.05) is 29.1 Å². The second kappa shape index (κ2) is 10.8. The number of nitrogens with one attached hydrogen (secondary N) is 1. The summed E-state index contributed by atoms with van der Waals surface area (Å²) < 4.78 is 34.8. The number of nitrogens with zero attached hydrogens (tertiary/aromatic N) is 1. The third-order valence-electron chi connectivity index (χ3n) is 9.61. The number of hydrogen-bond acceptors (Lipinski definition) is 6. The normalized spacial score (nSPS) is 32.0. The average Bonchev–Trinajstić information content (AvgIpc) is 3.06. The maximum Gasteiger partial charge on any atom is 0.265 e. The molecule has 41 heavy (non-hydrogen) atoms. The van der Waals surface area contributed by atoms with E-state index in [0.29, 0.717) is 31.9 Å². The lowest BCUT2D eigenvalue weighted by atomic mass is 9.68. The molecule has 6 rings (SSSR count). The Kier molecular flexibility index (Phi) is 7.45. The van der Waals surface area contributed by atoms with Gasteiger partial charge in [-0.25, -0.2) is 13.1 Å². The summed E-state index contributed by atoms with van der Waals surface area (Å²) in [7, 11) is -4.10. The number of rotatable bonds is 0. The Bertz CT molecular complexity index is 1520. The highest BCUT2D eigenvalue weighted by atomic mass is 35.5. The summed E-state index contributed by atoms with van der Waals surface area (Å²) in [6, 6.07) is 11.3.